The molecule has 4 aliphatic carbocycles. The summed E-state index contributed by atoms with van der Waals surface area (Å²) in [6, 6.07) is 5.42. The van der Waals surface area contributed by atoms with E-state index in [1.807, 2.05) is 6.07 Å². The number of rotatable bonds is 3. The van der Waals surface area contributed by atoms with Crippen molar-refractivity contribution >= 4 is 29.1 Å². The molecule has 1 amide bonds. The second-order valence-corrected chi connectivity index (χ2v) is 10.2. The molecule has 1 heterocycles. The molecule has 5 heteroatoms. The first-order valence-electron chi connectivity index (χ1n) is 10.4. The second kappa shape index (κ2) is 6.84. The van der Waals surface area contributed by atoms with Gasteiger partial charge in [0.05, 0.1) is 15.5 Å². The molecule has 5 aliphatic rings. The van der Waals surface area contributed by atoms with Crippen molar-refractivity contribution in [2.75, 3.05) is 13.1 Å². The van der Waals surface area contributed by atoms with Crippen LogP contribution in [-0.4, -0.2) is 30.0 Å². The molecule has 5 fully saturated rings. The Bertz CT molecular complexity index is 686. The zero-order valence-corrected chi connectivity index (χ0v) is 17.1. The van der Waals surface area contributed by atoms with Crippen LogP contribution in [0.2, 0.25) is 10.0 Å². The molecule has 6 rings (SSSR count). The van der Waals surface area contributed by atoms with Crippen molar-refractivity contribution in [1.82, 2.24) is 4.90 Å². The fourth-order valence-corrected chi connectivity index (χ4v) is 7.13. The number of likely N-dealkylation sites (tertiary alicyclic amines) is 1. The van der Waals surface area contributed by atoms with Crippen LogP contribution in [0.15, 0.2) is 18.2 Å². The van der Waals surface area contributed by atoms with E-state index in [9.17, 15) is 4.79 Å². The number of nitrogens with zero attached hydrogens (tertiary/aromatic N) is 1. The summed E-state index contributed by atoms with van der Waals surface area (Å²) in [6.45, 7) is 1.57. The number of carbonyl (C=O) groups is 1. The lowest BCUT2D eigenvalue weighted by Gasteiger charge is -2.57. The smallest absolute Gasteiger partial charge is 0.228 e. The van der Waals surface area contributed by atoms with Crippen LogP contribution in [0.4, 0.5) is 0 Å². The van der Waals surface area contributed by atoms with E-state index in [0.717, 1.165) is 62.9 Å². The van der Waals surface area contributed by atoms with Gasteiger partial charge in [-0.15, -0.1) is 0 Å². The molecular formula is C22H27Cl2NO2. The summed E-state index contributed by atoms with van der Waals surface area (Å²) in [7, 11) is 0. The minimum Gasteiger partial charge on any atom is -0.487 e. The summed E-state index contributed by atoms with van der Waals surface area (Å²) < 4.78 is 6.09. The molecule has 1 saturated heterocycles. The topological polar surface area (TPSA) is 29.5 Å². The number of hydrogen-bond acceptors (Lipinski definition) is 2. The van der Waals surface area contributed by atoms with Crippen molar-refractivity contribution in [1.29, 1.82) is 0 Å². The molecule has 1 aromatic rings. The average molecular weight is 408 g/mol. The molecule has 3 nitrogen and oxygen atoms in total. The summed E-state index contributed by atoms with van der Waals surface area (Å²) in [5.41, 5.74) is -0.0332. The Kier molecular flexibility index (Phi) is 4.59. The van der Waals surface area contributed by atoms with Gasteiger partial charge in [0.2, 0.25) is 5.91 Å². The molecule has 0 N–H and O–H groups in total. The third-order valence-corrected chi connectivity index (χ3v) is 8.02. The van der Waals surface area contributed by atoms with E-state index in [4.69, 9.17) is 27.9 Å². The minimum absolute atomic E-state index is 0.0332. The van der Waals surface area contributed by atoms with Gasteiger partial charge in [0.1, 0.15) is 6.10 Å². The van der Waals surface area contributed by atoms with Gasteiger partial charge in [0, 0.05) is 25.9 Å². The Labute approximate surface area is 171 Å². The highest BCUT2D eigenvalue weighted by molar-refractivity contribution is 6.37. The highest BCUT2D eigenvalue weighted by Crippen LogP contribution is 2.60. The minimum atomic E-state index is -0.0332. The fourth-order valence-electron chi connectivity index (χ4n) is 6.65. The number of halogens is 2. The number of carbonyl (C=O) groups excluding carboxylic acids is 1. The normalized spacial score (nSPS) is 35.5. The number of ether oxygens (including phenoxy) is 1. The van der Waals surface area contributed by atoms with Crippen molar-refractivity contribution in [3.05, 3.63) is 28.2 Å². The van der Waals surface area contributed by atoms with Crippen molar-refractivity contribution in [3.8, 4) is 5.75 Å². The van der Waals surface area contributed by atoms with Gasteiger partial charge < -0.3 is 9.64 Å². The van der Waals surface area contributed by atoms with Gasteiger partial charge in [0.15, 0.2) is 5.75 Å². The van der Waals surface area contributed by atoms with Crippen molar-refractivity contribution < 1.29 is 9.53 Å². The standard InChI is InChI=1S/C22H27Cl2NO2/c23-18-2-1-3-19(24)20(18)27-17-4-6-25(7-5-17)21(26)22-11-14-8-15(12-22)10-16(9-14)13-22/h1-3,14-17H,4-13H2. The molecule has 1 aromatic carbocycles. The van der Waals surface area contributed by atoms with Gasteiger partial charge in [0.25, 0.3) is 0 Å². The van der Waals surface area contributed by atoms with Crippen LogP contribution in [0, 0.1) is 23.2 Å². The summed E-state index contributed by atoms with van der Waals surface area (Å²) in [5, 5.41) is 1.10. The lowest BCUT2D eigenvalue weighted by molar-refractivity contribution is -0.159. The van der Waals surface area contributed by atoms with Crippen LogP contribution in [0.1, 0.15) is 51.4 Å². The Morgan fingerprint density at radius 1 is 0.963 bits per heavy atom. The lowest BCUT2D eigenvalue weighted by atomic mass is 9.49. The Morgan fingerprint density at radius 3 is 2.00 bits per heavy atom. The molecule has 146 valence electrons. The Balaban J connectivity index is 1.23. The molecule has 0 radical (unpaired) electrons. The van der Waals surface area contributed by atoms with Crippen LogP contribution in [-0.2, 0) is 4.79 Å². The molecule has 0 unspecified atom stereocenters. The average Bonchev–Trinajstić information content (AvgIpc) is 2.64. The third kappa shape index (κ3) is 3.25. The molecule has 0 atom stereocenters. The van der Waals surface area contributed by atoms with E-state index >= 15 is 0 Å². The van der Waals surface area contributed by atoms with E-state index in [1.165, 1.54) is 19.3 Å². The maximum absolute atomic E-state index is 13.5. The second-order valence-electron chi connectivity index (χ2n) is 9.36. The van der Waals surface area contributed by atoms with Crippen LogP contribution in [0.25, 0.3) is 0 Å². The fraction of sp³-hybridized carbons (Fsp3) is 0.682. The van der Waals surface area contributed by atoms with E-state index in [-0.39, 0.29) is 11.5 Å². The summed E-state index contributed by atoms with van der Waals surface area (Å²) in [6.07, 6.45) is 9.32. The Hall–Kier alpha value is -0.930. The van der Waals surface area contributed by atoms with Crippen LogP contribution in [0.5, 0.6) is 5.75 Å². The van der Waals surface area contributed by atoms with Gasteiger partial charge in [-0.25, -0.2) is 0 Å². The maximum atomic E-state index is 13.5. The molecular weight excluding hydrogens is 381 g/mol. The zero-order chi connectivity index (χ0) is 18.6. The number of amides is 1. The lowest BCUT2D eigenvalue weighted by Crippen LogP contribution is -2.56. The van der Waals surface area contributed by atoms with Crippen molar-refractivity contribution in [2.24, 2.45) is 23.2 Å². The quantitative estimate of drug-likeness (QED) is 0.654. The monoisotopic (exact) mass is 407 g/mol. The van der Waals surface area contributed by atoms with Crippen molar-refractivity contribution in [3.63, 3.8) is 0 Å². The van der Waals surface area contributed by atoms with E-state index < -0.39 is 0 Å². The van der Waals surface area contributed by atoms with E-state index in [1.54, 1.807) is 12.1 Å². The van der Waals surface area contributed by atoms with Gasteiger partial charge in [-0.05, 0) is 68.4 Å². The predicted octanol–water partition coefficient (Wildman–Crippen LogP) is 5.58. The van der Waals surface area contributed by atoms with E-state index in [0.29, 0.717) is 21.7 Å². The van der Waals surface area contributed by atoms with Gasteiger partial charge in [-0.3, -0.25) is 4.79 Å². The highest BCUT2D eigenvalue weighted by Gasteiger charge is 2.55. The molecule has 4 saturated carbocycles. The summed E-state index contributed by atoms with van der Waals surface area (Å²) in [4.78, 5) is 15.6. The molecule has 27 heavy (non-hydrogen) atoms. The van der Waals surface area contributed by atoms with E-state index in [2.05, 4.69) is 4.90 Å². The summed E-state index contributed by atoms with van der Waals surface area (Å²) in [5.74, 6) is 3.44. The Morgan fingerprint density at radius 2 is 1.48 bits per heavy atom. The first-order valence-corrected chi connectivity index (χ1v) is 11.2. The molecule has 1 aliphatic heterocycles. The predicted molar refractivity (Wildman–Crippen MR) is 107 cm³/mol. The highest BCUT2D eigenvalue weighted by atomic mass is 35.5. The maximum Gasteiger partial charge on any atom is 0.228 e. The third-order valence-electron chi connectivity index (χ3n) is 7.42. The van der Waals surface area contributed by atoms with Gasteiger partial charge >= 0.3 is 0 Å². The number of hydrogen-bond donors (Lipinski definition) is 0. The van der Waals surface area contributed by atoms with Crippen LogP contribution >= 0.6 is 23.2 Å². The molecule has 0 spiro atoms. The molecule has 4 bridgehead atoms. The first-order chi connectivity index (χ1) is 13.0. The number of para-hydroxylation sites is 1. The first kappa shape index (κ1) is 18.1. The molecule has 0 aromatic heterocycles. The van der Waals surface area contributed by atoms with Crippen LogP contribution < -0.4 is 4.74 Å². The summed E-state index contributed by atoms with van der Waals surface area (Å²) >= 11 is 12.5. The zero-order valence-electron chi connectivity index (χ0n) is 15.6. The number of benzene rings is 1. The SMILES string of the molecule is O=C(N1CCC(Oc2c(Cl)cccc2Cl)CC1)C12CC3CC(CC(C3)C1)C2. The largest absolute Gasteiger partial charge is 0.487 e. The van der Waals surface area contributed by atoms with Crippen LogP contribution in [0.3, 0.4) is 0 Å². The van der Waals surface area contributed by atoms with Crippen molar-refractivity contribution in [2.45, 2.75) is 57.5 Å². The van der Waals surface area contributed by atoms with Gasteiger partial charge in [-0.1, -0.05) is 29.3 Å². The van der Waals surface area contributed by atoms with Gasteiger partial charge in [-0.2, -0.15) is 0 Å². The number of piperidine rings is 1.